The van der Waals surface area contributed by atoms with Crippen LogP contribution < -0.4 is 18.9 Å². The summed E-state index contributed by atoms with van der Waals surface area (Å²) in [5, 5.41) is 0. The smallest absolute Gasteiger partial charge is 0.208 e. The Bertz CT molecular complexity index is 709. The van der Waals surface area contributed by atoms with Gasteiger partial charge in [-0.15, -0.1) is 0 Å². The molecule has 5 heteroatoms. The van der Waals surface area contributed by atoms with Crippen LogP contribution in [0.1, 0.15) is 28.8 Å². The van der Waals surface area contributed by atoms with E-state index in [0.29, 0.717) is 28.6 Å². The molecule has 0 N–H and O–H groups in total. The van der Waals surface area contributed by atoms with Crippen molar-refractivity contribution in [1.29, 1.82) is 0 Å². The van der Waals surface area contributed by atoms with Gasteiger partial charge in [-0.1, -0.05) is 37.3 Å². The summed E-state index contributed by atoms with van der Waals surface area (Å²) in [6.07, 6.45) is 0. The van der Waals surface area contributed by atoms with Crippen LogP contribution in [0.15, 0.2) is 36.4 Å². The zero-order valence-corrected chi connectivity index (χ0v) is 14.6. The van der Waals surface area contributed by atoms with Crippen LogP contribution in [0.4, 0.5) is 0 Å². The number of benzene rings is 2. The number of carbonyl (C=O) groups is 1. The summed E-state index contributed by atoms with van der Waals surface area (Å²) in [6.45, 7) is 1.86. The molecule has 0 aliphatic carbocycles. The zero-order chi connectivity index (χ0) is 17.7. The minimum Gasteiger partial charge on any atom is -0.493 e. The first-order valence-corrected chi connectivity index (χ1v) is 7.55. The van der Waals surface area contributed by atoms with Gasteiger partial charge >= 0.3 is 0 Å². The first-order chi connectivity index (χ1) is 11.6. The Balaban J connectivity index is 2.58. The number of methoxy groups -OCH3 is 4. The van der Waals surface area contributed by atoms with E-state index in [1.165, 1.54) is 28.4 Å². The lowest BCUT2D eigenvalue weighted by molar-refractivity contribution is 0.0962. The average Bonchev–Trinajstić information content (AvgIpc) is 2.65. The molecular formula is C19H22O5. The van der Waals surface area contributed by atoms with Gasteiger partial charge in [-0.05, 0) is 11.6 Å². The second-order valence-corrected chi connectivity index (χ2v) is 5.22. The number of hydrogen-bond acceptors (Lipinski definition) is 5. The molecule has 1 atom stereocenters. The third kappa shape index (κ3) is 3.15. The van der Waals surface area contributed by atoms with E-state index in [0.717, 1.165) is 5.56 Å². The first-order valence-electron chi connectivity index (χ1n) is 7.55. The highest BCUT2D eigenvalue weighted by Gasteiger charge is 2.28. The van der Waals surface area contributed by atoms with Crippen LogP contribution in [0, 0.1) is 0 Å². The molecule has 0 spiro atoms. The number of carbonyl (C=O) groups excluding carboxylic acids is 1. The summed E-state index contributed by atoms with van der Waals surface area (Å²) >= 11 is 0. The second kappa shape index (κ2) is 7.73. The van der Waals surface area contributed by atoms with Gasteiger partial charge in [0, 0.05) is 5.92 Å². The van der Waals surface area contributed by atoms with Crippen molar-refractivity contribution in [3.63, 3.8) is 0 Å². The van der Waals surface area contributed by atoms with Gasteiger partial charge in [-0.25, -0.2) is 0 Å². The molecule has 0 saturated heterocycles. The summed E-state index contributed by atoms with van der Waals surface area (Å²) in [5.74, 6) is 1.06. The lowest BCUT2D eigenvalue weighted by Gasteiger charge is -2.19. The molecule has 2 aromatic carbocycles. The molecule has 2 rings (SSSR count). The van der Waals surface area contributed by atoms with Gasteiger partial charge in [-0.2, -0.15) is 0 Å². The van der Waals surface area contributed by atoms with Gasteiger partial charge in [0.25, 0.3) is 0 Å². The molecule has 5 nitrogen and oxygen atoms in total. The summed E-state index contributed by atoms with van der Waals surface area (Å²) in [7, 11) is 6.01. The molecule has 0 bridgehead atoms. The SMILES string of the molecule is COc1cc(C(=O)C(C)c2ccccc2)c(OC)c(OC)c1OC. The van der Waals surface area contributed by atoms with Gasteiger partial charge in [0.05, 0.1) is 34.0 Å². The van der Waals surface area contributed by atoms with E-state index in [4.69, 9.17) is 18.9 Å². The normalized spacial score (nSPS) is 11.5. The third-order valence-electron chi connectivity index (χ3n) is 3.95. The highest BCUT2D eigenvalue weighted by Crippen LogP contribution is 2.47. The molecule has 0 amide bonds. The Morgan fingerprint density at radius 3 is 1.92 bits per heavy atom. The highest BCUT2D eigenvalue weighted by molar-refractivity contribution is 6.04. The van der Waals surface area contributed by atoms with E-state index in [1.54, 1.807) is 6.07 Å². The lowest BCUT2D eigenvalue weighted by Crippen LogP contribution is -2.12. The van der Waals surface area contributed by atoms with Crippen LogP contribution in [-0.4, -0.2) is 34.2 Å². The maximum Gasteiger partial charge on any atom is 0.208 e. The lowest BCUT2D eigenvalue weighted by atomic mass is 9.91. The van der Waals surface area contributed by atoms with Crippen LogP contribution >= 0.6 is 0 Å². The van der Waals surface area contributed by atoms with Crippen molar-refractivity contribution >= 4 is 5.78 Å². The fraction of sp³-hybridized carbons (Fsp3) is 0.316. The number of ketones is 1. The van der Waals surface area contributed by atoms with Crippen molar-refractivity contribution in [2.24, 2.45) is 0 Å². The first kappa shape index (κ1) is 17.7. The van der Waals surface area contributed by atoms with Gasteiger partial charge in [0.1, 0.15) is 0 Å². The van der Waals surface area contributed by atoms with E-state index in [1.807, 2.05) is 37.3 Å². The minimum absolute atomic E-state index is 0.0858. The maximum atomic E-state index is 13.0. The van der Waals surface area contributed by atoms with E-state index in [9.17, 15) is 4.79 Å². The van der Waals surface area contributed by atoms with Crippen LogP contribution in [0.2, 0.25) is 0 Å². The quantitative estimate of drug-likeness (QED) is 0.725. The Labute approximate surface area is 142 Å². The van der Waals surface area contributed by atoms with Crippen molar-refractivity contribution in [2.45, 2.75) is 12.8 Å². The van der Waals surface area contributed by atoms with Crippen molar-refractivity contribution in [3.05, 3.63) is 47.5 Å². The Kier molecular flexibility index (Phi) is 5.68. The van der Waals surface area contributed by atoms with Crippen molar-refractivity contribution in [2.75, 3.05) is 28.4 Å². The van der Waals surface area contributed by atoms with E-state index in [-0.39, 0.29) is 11.7 Å². The van der Waals surface area contributed by atoms with Crippen molar-refractivity contribution in [3.8, 4) is 23.0 Å². The predicted octanol–water partition coefficient (Wildman–Crippen LogP) is 3.71. The molecule has 0 radical (unpaired) electrons. The number of rotatable bonds is 7. The Morgan fingerprint density at radius 1 is 0.833 bits per heavy atom. The molecule has 128 valence electrons. The fourth-order valence-electron chi connectivity index (χ4n) is 2.64. The summed E-state index contributed by atoms with van der Waals surface area (Å²) in [5.41, 5.74) is 1.32. The highest BCUT2D eigenvalue weighted by atomic mass is 16.5. The van der Waals surface area contributed by atoms with Crippen LogP contribution in [-0.2, 0) is 0 Å². The van der Waals surface area contributed by atoms with Gasteiger partial charge in [0.15, 0.2) is 17.3 Å². The molecule has 1 unspecified atom stereocenters. The monoisotopic (exact) mass is 330 g/mol. The summed E-state index contributed by atoms with van der Waals surface area (Å²) in [4.78, 5) is 13.0. The Morgan fingerprint density at radius 2 is 1.42 bits per heavy atom. The van der Waals surface area contributed by atoms with Crippen LogP contribution in [0.3, 0.4) is 0 Å². The molecule has 2 aromatic rings. The number of ether oxygens (including phenoxy) is 4. The molecule has 0 aromatic heterocycles. The molecule has 0 fully saturated rings. The van der Waals surface area contributed by atoms with E-state index >= 15 is 0 Å². The van der Waals surface area contributed by atoms with Crippen molar-refractivity contribution in [1.82, 2.24) is 0 Å². The van der Waals surface area contributed by atoms with E-state index < -0.39 is 0 Å². The minimum atomic E-state index is -0.331. The fourth-order valence-corrected chi connectivity index (χ4v) is 2.64. The second-order valence-electron chi connectivity index (χ2n) is 5.22. The topological polar surface area (TPSA) is 54.0 Å². The average molecular weight is 330 g/mol. The predicted molar refractivity (Wildman–Crippen MR) is 91.8 cm³/mol. The van der Waals surface area contributed by atoms with Crippen LogP contribution in [0.25, 0.3) is 0 Å². The van der Waals surface area contributed by atoms with Gasteiger partial charge in [0.2, 0.25) is 11.5 Å². The number of Topliss-reactive ketones (excluding diaryl/α,β-unsaturated/α-hetero) is 1. The van der Waals surface area contributed by atoms with Gasteiger partial charge in [-0.3, -0.25) is 4.79 Å². The summed E-state index contributed by atoms with van der Waals surface area (Å²) in [6, 6.07) is 11.2. The summed E-state index contributed by atoms with van der Waals surface area (Å²) < 4.78 is 21.5. The molecule has 0 saturated carbocycles. The van der Waals surface area contributed by atoms with E-state index in [2.05, 4.69) is 0 Å². The number of hydrogen-bond donors (Lipinski definition) is 0. The molecule has 0 heterocycles. The van der Waals surface area contributed by atoms with Crippen molar-refractivity contribution < 1.29 is 23.7 Å². The zero-order valence-electron chi connectivity index (χ0n) is 14.6. The third-order valence-corrected chi connectivity index (χ3v) is 3.95. The van der Waals surface area contributed by atoms with Crippen LogP contribution in [0.5, 0.6) is 23.0 Å². The standard InChI is InChI=1S/C19H22O5/c1-12(13-9-7-6-8-10-13)16(20)14-11-15(21-2)18(23-4)19(24-5)17(14)22-3/h6-12H,1-5H3. The molecular weight excluding hydrogens is 308 g/mol. The molecule has 24 heavy (non-hydrogen) atoms. The molecule has 0 aliphatic rings. The molecule has 0 aliphatic heterocycles. The van der Waals surface area contributed by atoms with Gasteiger partial charge < -0.3 is 18.9 Å². The Hall–Kier alpha value is -2.69. The largest absolute Gasteiger partial charge is 0.493 e. The maximum absolute atomic E-state index is 13.0.